The fourth-order valence-electron chi connectivity index (χ4n) is 2.61. The van der Waals surface area contributed by atoms with E-state index in [1.165, 1.54) is 0 Å². The Balaban J connectivity index is 2.40. The molecule has 5 heteroatoms. The van der Waals surface area contributed by atoms with Crippen LogP contribution in [0, 0.1) is 0 Å². The van der Waals surface area contributed by atoms with Crippen LogP contribution in [0.4, 0.5) is 0 Å². The number of hydrogen-bond acceptors (Lipinski definition) is 3. The molecule has 0 aliphatic carbocycles. The fourth-order valence-corrected chi connectivity index (χ4v) is 3.54. The van der Waals surface area contributed by atoms with Gasteiger partial charge in [0, 0.05) is 42.3 Å². The summed E-state index contributed by atoms with van der Waals surface area (Å²) in [5, 5.41) is 13.8. The van der Waals surface area contributed by atoms with Gasteiger partial charge < -0.3 is 10.4 Å². The van der Waals surface area contributed by atoms with Crippen molar-refractivity contribution < 1.29 is 5.11 Å². The van der Waals surface area contributed by atoms with Gasteiger partial charge in [0.05, 0.1) is 4.47 Å². The zero-order valence-electron chi connectivity index (χ0n) is 11.6. The summed E-state index contributed by atoms with van der Waals surface area (Å²) < 4.78 is 1.68. The molecule has 1 atom stereocenters. The molecule has 3 nitrogen and oxygen atoms in total. The molecule has 1 aromatic rings. The molecule has 1 aliphatic heterocycles. The van der Waals surface area contributed by atoms with Crippen molar-refractivity contribution in [3.63, 3.8) is 0 Å². The molecule has 0 unspecified atom stereocenters. The van der Waals surface area contributed by atoms with Crippen LogP contribution in [0.25, 0.3) is 0 Å². The Hall–Kier alpha value is -0.360. The van der Waals surface area contributed by atoms with E-state index in [0.717, 1.165) is 52.7 Å². The van der Waals surface area contributed by atoms with Crippen LogP contribution in [-0.2, 0) is 0 Å². The molecule has 0 spiro atoms. The summed E-state index contributed by atoms with van der Waals surface area (Å²) in [6.07, 6.45) is 0.850. The van der Waals surface area contributed by atoms with E-state index in [-0.39, 0.29) is 6.04 Å². The maximum Gasteiger partial charge on any atom is 0.135 e. The van der Waals surface area contributed by atoms with Gasteiger partial charge in [0.25, 0.3) is 0 Å². The number of piperazine rings is 1. The Labute approximate surface area is 137 Å². The van der Waals surface area contributed by atoms with Crippen molar-refractivity contribution in [2.45, 2.75) is 19.4 Å². The normalized spacial score (nSPS) is 17.9. The molecular formula is C15H20Br2N2O. The maximum absolute atomic E-state index is 10.4. The van der Waals surface area contributed by atoms with E-state index in [9.17, 15) is 5.11 Å². The lowest BCUT2D eigenvalue weighted by molar-refractivity contribution is 0.169. The van der Waals surface area contributed by atoms with Crippen molar-refractivity contribution in [2.75, 3.05) is 26.2 Å². The highest BCUT2D eigenvalue weighted by molar-refractivity contribution is 9.11. The van der Waals surface area contributed by atoms with Gasteiger partial charge in [0.1, 0.15) is 5.75 Å². The summed E-state index contributed by atoms with van der Waals surface area (Å²) in [7, 11) is 0. The van der Waals surface area contributed by atoms with Gasteiger partial charge in [0.15, 0.2) is 0 Å². The molecule has 1 aromatic carbocycles. The third kappa shape index (κ3) is 3.64. The molecule has 1 aliphatic rings. The number of rotatable bonds is 4. The highest BCUT2D eigenvalue weighted by atomic mass is 79.9. The predicted molar refractivity (Wildman–Crippen MR) is 90.1 cm³/mol. The van der Waals surface area contributed by atoms with Crippen molar-refractivity contribution in [1.82, 2.24) is 10.2 Å². The smallest absolute Gasteiger partial charge is 0.135 e. The number of hydrogen-bond donors (Lipinski definition) is 2. The van der Waals surface area contributed by atoms with Gasteiger partial charge in [-0.1, -0.05) is 21.5 Å². The second-order valence-electron chi connectivity index (χ2n) is 5.25. The lowest BCUT2D eigenvalue weighted by Crippen LogP contribution is -2.45. The van der Waals surface area contributed by atoms with Crippen molar-refractivity contribution in [3.8, 4) is 5.75 Å². The van der Waals surface area contributed by atoms with Crippen LogP contribution in [0.1, 0.15) is 24.9 Å². The SMILES string of the molecule is C=C(C)C[C@H](c1c(Br)ccc(Br)c1O)N1CCNCC1. The average molecular weight is 404 g/mol. The van der Waals surface area contributed by atoms with Gasteiger partial charge in [-0.25, -0.2) is 0 Å². The summed E-state index contributed by atoms with van der Waals surface area (Å²) in [5.74, 6) is 0.323. The molecule has 110 valence electrons. The molecule has 0 amide bonds. The first kappa shape index (κ1) is 16.0. The lowest BCUT2D eigenvalue weighted by Gasteiger charge is -2.36. The first-order valence-electron chi connectivity index (χ1n) is 6.76. The standard InChI is InChI=1S/C15H20Br2N2O/c1-10(2)9-13(19-7-5-18-6-8-19)14-11(16)3-4-12(17)15(14)20/h3-4,13,18,20H,1,5-9H2,2H3/t13-/m1/s1. The number of benzene rings is 1. The van der Waals surface area contributed by atoms with E-state index in [4.69, 9.17) is 0 Å². The number of phenols is 1. The van der Waals surface area contributed by atoms with Gasteiger partial charge in [0.2, 0.25) is 0 Å². The third-order valence-electron chi connectivity index (χ3n) is 3.58. The maximum atomic E-state index is 10.4. The van der Waals surface area contributed by atoms with Crippen LogP contribution < -0.4 is 5.32 Å². The van der Waals surface area contributed by atoms with Crippen LogP contribution >= 0.6 is 31.9 Å². The highest BCUT2D eigenvalue weighted by Gasteiger charge is 2.27. The molecule has 0 aromatic heterocycles. The largest absolute Gasteiger partial charge is 0.506 e. The number of halogens is 2. The summed E-state index contributed by atoms with van der Waals surface area (Å²) in [5.41, 5.74) is 2.07. The van der Waals surface area contributed by atoms with Crippen LogP contribution in [0.3, 0.4) is 0 Å². The Morgan fingerprint density at radius 3 is 2.55 bits per heavy atom. The summed E-state index contributed by atoms with van der Waals surface area (Å²) in [6.45, 7) is 10.0. The van der Waals surface area contributed by atoms with Crippen molar-refractivity contribution >= 4 is 31.9 Å². The van der Waals surface area contributed by atoms with E-state index >= 15 is 0 Å². The molecule has 2 rings (SSSR count). The van der Waals surface area contributed by atoms with Crippen LogP contribution in [0.15, 0.2) is 33.2 Å². The molecule has 0 bridgehead atoms. The minimum absolute atomic E-state index is 0.154. The summed E-state index contributed by atoms with van der Waals surface area (Å²) in [4.78, 5) is 2.41. The zero-order chi connectivity index (χ0) is 14.7. The van der Waals surface area contributed by atoms with Gasteiger partial charge >= 0.3 is 0 Å². The summed E-state index contributed by atoms with van der Waals surface area (Å²) >= 11 is 7.00. The average Bonchev–Trinajstić information content (AvgIpc) is 2.43. The lowest BCUT2D eigenvalue weighted by atomic mass is 9.97. The Kier molecular flexibility index (Phi) is 5.66. The molecule has 1 heterocycles. The number of nitrogens with zero attached hydrogens (tertiary/aromatic N) is 1. The second-order valence-corrected chi connectivity index (χ2v) is 6.96. The number of nitrogens with one attached hydrogen (secondary N) is 1. The fraction of sp³-hybridized carbons (Fsp3) is 0.467. The Bertz CT molecular complexity index is 499. The van der Waals surface area contributed by atoms with Crippen molar-refractivity contribution in [1.29, 1.82) is 0 Å². The molecular weight excluding hydrogens is 384 g/mol. The second kappa shape index (κ2) is 7.07. The highest BCUT2D eigenvalue weighted by Crippen LogP contribution is 2.41. The van der Waals surface area contributed by atoms with Crippen molar-refractivity contribution in [3.05, 3.63) is 38.8 Å². The minimum Gasteiger partial charge on any atom is -0.506 e. The first-order valence-corrected chi connectivity index (χ1v) is 8.35. The first-order chi connectivity index (χ1) is 9.50. The predicted octanol–water partition coefficient (Wildman–Crippen LogP) is 3.83. The monoisotopic (exact) mass is 402 g/mol. The van der Waals surface area contributed by atoms with Gasteiger partial charge in [-0.3, -0.25) is 4.90 Å². The third-order valence-corrected chi connectivity index (χ3v) is 4.91. The van der Waals surface area contributed by atoms with E-state index in [1.54, 1.807) is 0 Å². The minimum atomic E-state index is 0.154. The summed E-state index contributed by atoms with van der Waals surface area (Å²) in [6, 6.07) is 3.99. The van der Waals surface area contributed by atoms with Gasteiger partial charge in [-0.05, 0) is 41.4 Å². The van der Waals surface area contributed by atoms with Crippen LogP contribution in [0.5, 0.6) is 5.75 Å². The molecule has 0 radical (unpaired) electrons. The molecule has 20 heavy (non-hydrogen) atoms. The Morgan fingerprint density at radius 1 is 1.35 bits per heavy atom. The van der Waals surface area contributed by atoms with Gasteiger partial charge in [-0.2, -0.15) is 0 Å². The van der Waals surface area contributed by atoms with E-state index in [0.29, 0.717) is 5.75 Å². The van der Waals surface area contributed by atoms with Crippen LogP contribution in [0.2, 0.25) is 0 Å². The van der Waals surface area contributed by atoms with E-state index in [1.807, 2.05) is 19.1 Å². The molecule has 2 N–H and O–H groups in total. The van der Waals surface area contributed by atoms with Crippen LogP contribution in [-0.4, -0.2) is 36.2 Å². The molecule has 1 saturated heterocycles. The zero-order valence-corrected chi connectivity index (χ0v) is 14.8. The Morgan fingerprint density at radius 2 is 1.95 bits per heavy atom. The van der Waals surface area contributed by atoms with E-state index in [2.05, 4.69) is 48.7 Å². The number of aromatic hydroxyl groups is 1. The number of phenolic OH excluding ortho intramolecular Hbond substituents is 1. The van der Waals surface area contributed by atoms with Gasteiger partial charge in [-0.15, -0.1) is 6.58 Å². The van der Waals surface area contributed by atoms with Crippen molar-refractivity contribution in [2.24, 2.45) is 0 Å². The quantitative estimate of drug-likeness (QED) is 0.750. The molecule has 1 fully saturated rings. The topological polar surface area (TPSA) is 35.5 Å². The van der Waals surface area contributed by atoms with E-state index < -0.39 is 0 Å². The molecule has 0 saturated carbocycles.